The fourth-order valence-electron chi connectivity index (χ4n) is 3.26. The molecule has 1 aromatic carbocycles. The molecule has 150 valence electrons. The molecule has 1 aromatic heterocycles. The van der Waals surface area contributed by atoms with E-state index in [0.717, 1.165) is 25.0 Å². The molecule has 1 saturated heterocycles. The highest BCUT2D eigenvalue weighted by molar-refractivity contribution is 5.91. The Morgan fingerprint density at radius 1 is 1.32 bits per heavy atom. The molecule has 28 heavy (non-hydrogen) atoms. The number of aryl methyl sites for hydroxylation is 1. The number of hydrogen-bond donors (Lipinski definition) is 0. The van der Waals surface area contributed by atoms with Crippen molar-refractivity contribution in [3.8, 4) is 11.5 Å². The molecule has 2 heterocycles. The fourth-order valence-corrected chi connectivity index (χ4v) is 3.26. The van der Waals surface area contributed by atoms with Gasteiger partial charge in [-0.3, -0.25) is 4.79 Å². The minimum absolute atomic E-state index is 0.0529. The van der Waals surface area contributed by atoms with Crippen molar-refractivity contribution in [2.45, 2.75) is 32.4 Å². The largest absolute Gasteiger partial charge is 0.493 e. The van der Waals surface area contributed by atoms with Gasteiger partial charge in [-0.25, -0.2) is 0 Å². The minimum Gasteiger partial charge on any atom is -0.493 e. The summed E-state index contributed by atoms with van der Waals surface area (Å²) in [5.41, 5.74) is 0.942. The van der Waals surface area contributed by atoms with Crippen LogP contribution in [0.1, 0.15) is 34.7 Å². The van der Waals surface area contributed by atoms with Gasteiger partial charge in [0.1, 0.15) is 12.4 Å². The van der Waals surface area contributed by atoms with E-state index in [1.165, 1.54) is 0 Å². The van der Waals surface area contributed by atoms with E-state index in [4.69, 9.17) is 18.6 Å². The number of hydrogen-bond acceptors (Lipinski definition) is 5. The van der Waals surface area contributed by atoms with Gasteiger partial charge >= 0.3 is 0 Å². The molecule has 1 unspecified atom stereocenters. The summed E-state index contributed by atoms with van der Waals surface area (Å²) >= 11 is 0. The number of ether oxygens (including phenoxy) is 3. The zero-order valence-corrected chi connectivity index (χ0v) is 16.5. The molecule has 6 nitrogen and oxygen atoms in total. The van der Waals surface area contributed by atoms with E-state index in [1.54, 1.807) is 30.2 Å². The smallest absolute Gasteiger partial charge is 0.289 e. The summed E-state index contributed by atoms with van der Waals surface area (Å²) in [7, 11) is 1.60. The second kappa shape index (κ2) is 9.46. The van der Waals surface area contributed by atoms with Gasteiger partial charge in [0.25, 0.3) is 5.91 Å². The Balaban J connectivity index is 1.79. The van der Waals surface area contributed by atoms with Crippen LogP contribution < -0.4 is 9.47 Å². The van der Waals surface area contributed by atoms with Gasteiger partial charge in [0.05, 0.1) is 13.2 Å². The lowest BCUT2D eigenvalue weighted by atomic mass is 10.1. The zero-order valence-electron chi connectivity index (χ0n) is 16.5. The van der Waals surface area contributed by atoms with Gasteiger partial charge in [0.15, 0.2) is 17.3 Å². The van der Waals surface area contributed by atoms with Crippen LogP contribution in [0.15, 0.2) is 47.4 Å². The zero-order chi connectivity index (χ0) is 19.9. The number of carbonyl (C=O) groups is 1. The first-order valence-corrected chi connectivity index (χ1v) is 9.48. The van der Waals surface area contributed by atoms with Gasteiger partial charge in [-0.15, -0.1) is 0 Å². The molecule has 0 aliphatic carbocycles. The number of carbonyl (C=O) groups excluding carboxylic acids is 1. The average molecular weight is 385 g/mol. The summed E-state index contributed by atoms with van der Waals surface area (Å²) in [6.07, 6.45) is 3.71. The molecule has 1 aliphatic heterocycles. The normalized spacial score (nSPS) is 16.0. The number of benzene rings is 1. The fraction of sp³-hybridized carbons (Fsp3) is 0.409. The monoisotopic (exact) mass is 385 g/mol. The van der Waals surface area contributed by atoms with E-state index >= 15 is 0 Å². The van der Waals surface area contributed by atoms with Crippen LogP contribution in [-0.2, 0) is 11.3 Å². The van der Waals surface area contributed by atoms with Crippen LogP contribution >= 0.6 is 0 Å². The van der Waals surface area contributed by atoms with Crippen LogP contribution in [0, 0.1) is 6.92 Å². The SMILES string of the molecule is C=CCOc1ccc(CN(CC2CCCO2)C(=O)c2ccc(C)o2)cc1OC. The first kappa shape index (κ1) is 20.0. The predicted octanol–water partition coefficient (Wildman–Crippen LogP) is 3.98. The molecule has 0 N–H and O–H groups in total. The maximum absolute atomic E-state index is 13.0. The highest BCUT2D eigenvalue weighted by atomic mass is 16.5. The highest BCUT2D eigenvalue weighted by Gasteiger charge is 2.25. The summed E-state index contributed by atoms with van der Waals surface area (Å²) in [4.78, 5) is 14.8. The summed E-state index contributed by atoms with van der Waals surface area (Å²) in [5, 5.41) is 0. The van der Waals surface area contributed by atoms with Crippen LogP contribution in [0.4, 0.5) is 0 Å². The second-order valence-electron chi connectivity index (χ2n) is 6.82. The van der Waals surface area contributed by atoms with Crippen molar-refractivity contribution in [2.24, 2.45) is 0 Å². The summed E-state index contributed by atoms with van der Waals surface area (Å²) < 4.78 is 22.3. The second-order valence-corrected chi connectivity index (χ2v) is 6.82. The van der Waals surface area contributed by atoms with E-state index < -0.39 is 0 Å². The Morgan fingerprint density at radius 2 is 2.18 bits per heavy atom. The molecular formula is C22H27NO5. The third-order valence-electron chi connectivity index (χ3n) is 4.64. The van der Waals surface area contributed by atoms with E-state index in [1.807, 2.05) is 25.1 Å². The standard InChI is InChI=1S/C22H27NO5/c1-4-11-27-19-10-8-17(13-21(19)25-3)14-23(15-18-6-5-12-26-18)22(24)20-9-7-16(2)28-20/h4,7-10,13,18H,1,5-6,11-12,14-15H2,2-3H3. The molecule has 1 aliphatic rings. The van der Waals surface area contributed by atoms with Crippen LogP contribution in [0.3, 0.4) is 0 Å². The van der Waals surface area contributed by atoms with Crippen molar-refractivity contribution in [1.82, 2.24) is 4.90 Å². The molecule has 1 atom stereocenters. The Morgan fingerprint density at radius 3 is 2.82 bits per heavy atom. The van der Waals surface area contributed by atoms with Crippen molar-refractivity contribution in [1.29, 1.82) is 0 Å². The number of amides is 1. The van der Waals surface area contributed by atoms with Gasteiger partial charge in [-0.05, 0) is 49.6 Å². The maximum Gasteiger partial charge on any atom is 0.289 e. The Kier molecular flexibility index (Phi) is 6.76. The van der Waals surface area contributed by atoms with E-state index in [2.05, 4.69) is 6.58 Å². The lowest BCUT2D eigenvalue weighted by Gasteiger charge is -2.25. The molecule has 0 saturated carbocycles. The van der Waals surface area contributed by atoms with Gasteiger partial charge in [-0.2, -0.15) is 0 Å². The lowest BCUT2D eigenvalue weighted by molar-refractivity contribution is 0.0483. The molecule has 1 fully saturated rings. The van der Waals surface area contributed by atoms with Crippen LogP contribution in [-0.4, -0.2) is 43.8 Å². The summed E-state index contributed by atoms with van der Waals surface area (Å²) in [6, 6.07) is 9.19. The van der Waals surface area contributed by atoms with E-state index in [9.17, 15) is 4.79 Å². The third kappa shape index (κ3) is 4.95. The van der Waals surface area contributed by atoms with E-state index in [0.29, 0.717) is 42.7 Å². The quantitative estimate of drug-likeness (QED) is 0.611. The average Bonchev–Trinajstić information content (AvgIpc) is 3.37. The highest BCUT2D eigenvalue weighted by Crippen LogP contribution is 2.29. The third-order valence-corrected chi connectivity index (χ3v) is 4.64. The molecule has 0 spiro atoms. The number of rotatable bonds is 9. The van der Waals surface area contributed by atoms with Gasteiger partial charge < -0.3 is 23.5 Å². The maximum atomic E-state index is 13.0. The Labute approximate surface area is 165 Å². The van der Waals surface area contributed by atoms with Crippen LogP contribution in [0.2, 0.25) is 0 Å². The van der Waals surface area contributed by atoms with Crippen molar-refractivity contribution >= 4 is 5.91 Å². The van der Waals surface area contributed by atoms with Gasteiger partial charge in [0, 0.05) is 19.7 Å². The van der Waals surface area contributed by atoms with Gasteiger partial charge in [-0.1, -0.05) is 18.7 Å². The molecule has 2 aromatic rings. The lowest BCUT2D eigenvalue weighted by Crippen LogP contribution is -2.36. The van der Waals surface area contributed by atoms with Crippen LogP contribution in [0.25, 0.3) is 0 Å². The molecule has 0 bridgehead atoms. The molecule has 1 amide bonds. The predicted molar refractivity (Wildman–Crippen MR) is 106 cm³/mol. The molecular weight excluding hydrogens is 358 g/mol. The van der Waals surface area contributed by atoms with Crippen molar-refractivity contribution < 1.29 is 23.4 Å². The first-order valence-electron chi connectivity index (χ1n) is 9.48. The summed E-state index contributed by atoms with van der Waals surface area (Å²) in [5.74, 6) is 2.18. The van der Waals surface area contributed by atoms with Crippen molar-refractivity contribution in [2.75, 3.05) is 26.9 Å². The number of furan rings is 1. The Hall–Kier alpha value is -2.73. The molecule has 0 radical (unpaired) electrons. The number of nitrogens with zero attached hydrogens (tertiary/aromatic N) is 1. The van der Waals surface area contributed by atoms with Crippen LogP contribution in [0.5, 0.6) is 11.5 Å². The topological polar surface area (TPSA) is 61.1 Å². The van der Waals surface area contributed by atoms with E-state index in [-0.39, 0.29) is 12.0 Å². The van der Waals surface area contributed by atoms with Crippen molar-refractivity contribution in [3.63, 3.8) is 0 Å². The van der Waals surface area contributed by atoms with Gasteiger partial charge in [0.2, 0.25) is 0 Å². The summed E-state index contributed by atoms with van der Waals surface area (Å²) in [6.45, 7) is 7.58. The van der Waals surface area contributed by atoms with Crippen molar-refractivity contribution in [3.05, 3.63) is 60.1 Å². The molecule has 6 heteroatoms. The molecule has 3 rings (SSSR count). The Bertz CT molecular complexity index is 807. The number of methoxy groups -OCH3 is 1. The minimum atomic E-state index is -0.144. The first-order chi connectivity index (χ1) is 13.6.